The van der Waals surface area contributed by atoms with Gasteiger partial charge in [0.15, 0.2) is 0 Å². The fourth-order valence-electron chi connectivity index (χ4n) is 3.31. The Morgan fingerprint density at radius 1 is 1.25 bits per heavy atom. The summed E-state index contributed by atoms with van der Waals surface area (Å²) in [5.41, 5.74) is -0.546. The molecule has 0 spiro atoms. The van der Waals surface area contributed by atoms with Crippen LogP contribution in [0.1, 0.15) is 66.7 Å². The molecule has 1 aliphatic rings. The zero-order valence-electron chi connectivity index (χ0n) is 13.8. The summed E-state index contributed by atoms with van der Waals surface area (Å²) in [5.74, 6) is 0.626. The summed E-state index contributed by atoms with van der Waals surface area (Å²) in [6.07, 6.45) is 4.21. The van der Waals surface area contributed by atoms with Gasteiger partial charge in [-0.2, -0.15) is 5.26 Å². The number of carbonyl (C=O) groups excluding carboxylic acids is 1. The van der Waals surface area contributed by atoms with Crippen molar-refractivity contribution in [3.63, 3.8) is 0 Å². The molecule has 0 saturated carbocycles. The van der Waals surface area contributed by atoms with Crippen molar-refractivity contribution in [1.82, 2.24) is 4.90 Å². The first-order chi connectivity index (χ1) is 9.30. The predicted octanol–water partition coefficient (Wildman–Crippen LogP) is 3.99. The minimum atomic E-state index is -0.781. The molecule has 1 heterocycles. The molecular formula is C17H30N2O. The number of likely N-dealkylation sites (tertiary alicyclic amines) is 1. The van der Waals surface area contributed by atoms with E-state index in [0.29, 0.717) is 18.8 Å². The second kappa shape index (κ2) is 6.61. The molecular weight excluding hydrogens is 248 g/mol. The lowest BCUT2D eigenvalue weighted by Crippen LogP contribution is -2.42. The summed E-state index contributed by atoms with van der Waals surface area (Å²) >= 11 is 0. The van der Waals surface area contributed by atoms with Gasteiger partial charge in [-0.05, 0) is 30.6 Å². The number of amides is 1. The van der Waals surface area contributed by atoms with Gasteiger partial charge in [-0.25, -0.2) is 0 Å². The molecule has 3 heteroatoms. The van der Waals surface area contributed by atoms with Crippen molar-refractivity contribution in [2.24, 2.45) is 16.7 Å². The van der Waals surface area contributed by atoms with E-state index in [9.17, 15) is 10.1 Å². The van der Waals surface area contributed by atoms with Crippen molar-refractivity contribution >= 4 is 5.91 Å². The topological polar surface area (TPSA) is 44.1 Å². The maximum atomic E-state index is 12.9. The van der Waals surface area contributed by atoms with Crippen molar-refractivity contribution in [1.29, 1.82) is 5.26 Å². The van der Waals surface area contributed by atoms with E-state index < -0.39 is 5.41 Å². The van der Waals surface area contributed by atoms with Crippen LogP contribution in [0.15, 0.2) is 0 Å². The highest BCUT2D eigenvalue weighted by Crippen LogP contribution is 2.37. The van der Waals surface area contributed by atoms with Gasteiger partial charge in [0, 0.05) is 13.1 Å². The molecule has 0 aromatic carbocycles. The average molecular weight is 278 g/mol. The molecule has 0 aliphatic carbocycles. The molecule has 1 aliphatic heterocycles. The maximum Gasteiger partial charge on any atom is 0.243 e. The number of hydrogen-bond acceptors (Lipinski definition) is 2. The van der Waals surface area contributed by atoms with Crippen LogP contribution in [0.2, 0.25) is 0 Å². The molecule has 1 saturated heterocycles. The minimum Gasteiger partial charge on any atom is -0.341 e. The van der Waals surface area contributed by atoms with E-state index in [2.05, 4.69) is 40.7 Å². The number of nitriles is 1. The van der Waals surface area contributed by atoms with Gasteiger partial charge in [0.25, 0.3) is 0 Å². The fraction of sp³-hybridized carbons (Fsp3) is 0.882. The van der Waals surface area contributed by atoms with E-state index in [-0.39, 0.29) is 11.3 Å². The van der Waals surface area contributed by atoms with E-state index in [1.54, 1.807) is 0 Å². The second-order valence-corrected chi connectivity index (χ2v) is 7.30. The summed E-state index contributed by atoms with van der Waals surface area (Å²) in [6.45, 7) is 12.5. The van der Waals surface area contributed by atoms with Crippen LogP contribution >= 0.6 is 0 Å². The Balaban J connectivity index is 2.85. The number of nitrogens with zero attached hydrogens (tertiary/aromatic N) is 2. The third-order valence-corrected chi connectivity index (χ3v) is 4.68. The van der Waals surface area contributed by atoms with Crippen LogP contribution in [0.4, 0.5) is 0 Å². The van der Waals surface area contributed by atoms with Crippen LogP contribution in [-0.2, 0) is 4.79 Å². The molecule has 0 aromatic heterocycles. The Bertz CT molecular complexity index is 369. The fourth-order valence-corrected chi connectivity index (χ4v) is 3.31. The molecule has 1 rings (SSSR count). The van der Waals surface area contributed by atoms with Gasteiger partial charge in [-0.1, -0.05) is 47.5 Å². The Labute approximate surface area is 124 Å². The van der Waals surface area contributed by atoms with Crippen molar-refractivity contribution in [3.8, 4) is 6.07 Å². The molecule has 0 aromatic rings. The molecule has 1 atom stereocenters. The van der Waals surface area contributed by atoms with Crippen LogP contribution in [-0.4, -0.2) is 23.9 Å². The smallest absolute Gasteiger partial charge is 0.243 e. The highest BCUT2D eigenvalue weighted by Gasteiger charge is 2.43. The zero-order chi connectivity index (χ0) is 15.4. The SMILES string of the molecule is CCCC(C#N)(CCC)C(=O)N1CCC(C(C)(C)C)C1. The summed E-state index contributed by atoms with van der Waals surface area (Å²) in [4.78, 5) is 14.8. The zero-order valence-corrected chi connectivity index (χ0v) is 13.8. The van der Waals surface area contributed by atoms with Crippen LogP contribution in [0, 0.1) is 28.1 Å². The summed E-state index contributed by atoms with van der Waals surface area (Å²) in [6, 6.07) is 2.36. The molecule has 0 bridgehead atoms. The molecule has 114 valence electrons. The van der Waals surface area contributed by atoms with E-state index in [1.165, 1.54) is 0 Å². The van der Waals surface area contributed by atoms with Gasteiger partial charge in [-0.15, -0.1) is 0 Å². The first-order valence-electron chi connectivity index (χ1n) is 8.01. The number of carbonyl (C=O) groups is 1. The molecule has 1 fully saturated rings. The van der Waals surface area contributed by atoms with Crippen molar-refractivity contribution < 1.29 is 4.79 Å². The first-order valence-corrected chi connectivity index (χ1v) is 8.01. The van der Waals surface area contributed by atoms with Crippen molar-refractivity contribution in [2.45, 2.75) is 66.7 Å². The lowest BCUT2D eigenvalue weighted by atomic mass is 9.78. The highest BCUT2D eigenvalue weighted by atomic mass is 16.2. The van der Waals surface area contributed by atoms with Crippen LogP contribution in [0.5, 0.6) is 0 Å². The van der Waals surface area contributed by atoms with Crippen molar-refractivity contribution in [2.75, 3.05) is 13.1 Å². The van der Waals surface area contributed by atoms with Crippen molar-refractivity contribution in [3.05, 3.63) is 0 Å². The normalized spacial score (nSPS) is 20.0. The molecule has 3 nitrogen and oxygen atoms in total. The summed E-state index contributed by atoms with van der Waals surface area (Å²) in [5, 5.41) is 9.60. The van der Waals surface area contributed by atoms with Gasteiger partial charge in [0.2, 0.25) is 5.91 Å². The maximum absolute atomic E-state index is 12.9. The second-order valence-electron chi connectivity index (χ2n) is 7.30. The Morgan fingerprint density at radius 3 is 2.15 bits per heavy atom. The molecule has 0 N–H and O–H groups in total. The first kappa shape index (κ1) is 17.0. The van der Waals surface area contributed by atoms with Gasteiger partial charge >= 0.3 is 0 Å². The number of rotatable bonds is 5. The third-order valence-electron chi connectivity index (χ3n) is 4.68. The van der Waals surface area contributed by atoms with E-state index in [0.717, 1.165) is 32.4 Å². The molecule has 1 amide bonds. The molecule has 1 unspecified atom stereocenters. The van der Waals surface area contributed by atoms with E-state index in [1.807, 2.05) is 4.90 Å². The lowest BCUT2D eigenvalue weighted by molar-refractivity contribution is -0.139. The Hall–Kier alpha value is -1.04. The van der Waals surface area contributed by atoms with Gasteiger partial charge < -0.3 is 4.90 Å². The van der Waals surface area contributed by atoms with Crippen LogP contribution in [0.25, 0.3) is 0 Å². The monoisotopic (exact) mass is 278 g/mol. The standard InChI is InChI=1S/C17H30N2O/c1-6-9-17(13-18,10-7-2)15(20)19-11-8-14(12-19)16(3,4)5/h14H,6-12H2,1-5H3. The number of hydrogen-bond donors (Lipinski definition) is 0. The minimum absolute atomic E-state index is 0.0791. The van der Waals surface area contributed by atoms with Crippen LogP contribution < -0.4 is 0 Å². The third kappa shape index (κ3) is 3.53. The Kier molecular flexibility index (Phi) is 5.62. The lowest BCUT2D eigenvalue weighted by Gasteiger charge is -2.31. The largest absolute Gasteiger partial charge is 0.341 e. The average Bonchev–Trinajstić information content (AvgIpc) is 2.86. The molecule has 0 radical (unpaired) electrons. The van der Waals surface area contributed by atoms with Crippen LogP contribution in [0.3, 0.4) is 0 Å². The van der Waals surface area contributed by atoms with Gasteiger partial charge in [0.1, 0.15) is 5.41 Å². The Morgan fingerprint density at radius 2 is 1.80 bits per heavy atom. The van der Waals surface area contributed by atoms with E-state index >= 15 is 0 Å². The molecule has 20 heavy (non-hydrogen) atoms. The predicted molar refractivity (Wildman–Crippen MR) is 82.0 cm³/mol. The van der Waals surface area contributed by atoms with E-state index in [4.69, 9.17) is 0 Å². The summed E-state index contributed by atoms with van der Waals surface area (Å²) in [7, 11) is 0. The van der Waals surface area contributed by atoms with Gasteiger partial charge in [0.05, 0.1) is 6.07 Å². The quantitative estimate of drug-likeness (QED) is 0.763. The summed E-state index contributed by atoms with van der Waals surface area (Å²) < 4.78 is 0. The highest BCUT2D eigenvalue weighted by molar-refractivity contribution is 5.85. The van der Waals surface area contributed by atoms with Gasteiger partial charge in [-0.3, -0.25) is 4.79 Å².